The van der Waals surface area contributed by atoms with Crippen LogP contribution in [0.25, 0.3) is 0 Å². The van der Waals surface area contributed by atoms with Crippen LogP contribution in [0, 0.1) is 0 Å². The van der Waals surface area contributed by atoms with Gasteiger partial charge in [0.2, 0.25) is 0 Å². The number of carbonyl (C=O) groups is 2. The van der Waals surface area contributed by atoms with Crippen LogP contribution in [-0.2, 0) is 9.59 Å². The van der Waals surface area contributed by atoms with E-state index in [0.717, 1.165) is 0 Å². The molecule has 0 amide bonds. The van der Waals surface area contributed by atoms with Gasteiger partial charge in [0.25, 0.3) is 0 Å². The minimum absolute atomic E-state index is 0. The molecule has 0 atom stereocenters. The zero-order chi connectivity index (χ0) is 7.15. The Morgan fingerprint density at radius 3 is 1.00 bits per heavy atom. The molecular weight excluding hydrogens is 136 g/mol. The Morgan fingerprint density at radius 2 is 1.00 bits per heavy atom. The van der Waals surface area contributed by atoms with E-state index in [1.54, 1.807) is 0 Å². The van der Waals surface area contributed by atoms with Crippen molar-refractivity contribution in [3.05, 3.63) is 0 Å². The normalized spacial score (nSPS) is 5.56. The standard InChI is InChI=1S/C2H2O4.H2O2.H2O/c3-1(4)2(5)6;1-2;/h(H,3,4)(H,5,6);1-2H;1H2. The van der Waals surface area contributed by atoms with Gasteiger partial charge in [-0.1, -0.05) is 0 Å². The van der Waals surface area contributed by atoms with Gasteiger partial charge >= 0.3 is 11.9 Å². The van der Waals surface area contributed by atoms with E-state index in [2.05, 4.69) is 0 Å². The van der Waals surface area contributed by atoms with Crippen molar-refractivity contribution in [1.29, 1.82) is 0 Å². The molecule has 7 nitrogen and oxygen atoms in total. The minimum Gasteiger partial charge on any atom is -0.473 e. The SMILES string of the molecule is O.O=C(O)C(=O)O.OO. The molecule has 0 rings (SSSR count). The molecular formula is C2H6O7. The topological polar surface area (TPSA) is 147 Å². The van der Waals surface area contributed by atoms with Crippen molar-refractivity contribution in [3.63, 3.8) is 0 Å². The Hall–Kier alpha value is -1.18. The van der Waals surface area contributed by atoms with Crippen LogP contribution in [0.4, 0.5) is 0 Å². The van der Waals surface area contributed by atoms with E-state index < -0.39 is 11.9 Å². The summed E-state index contributed by atoms with van der Waals surface area (Å²) in [5.41, 5.74) is 0. The molecule has 0 aliphatic rings. The van der Waals surface area contributed by atoms with Crippen molar-refractivity contribution in [2.24, 2.45) is 0 Å². The molecule has 0 aromatic carbocycles. The second kappa shape index (κ2) is 9.94. The maximum Gasteiger partial charge on any atom is 0.414 e. The highest BCUT2D eigenvalue weighted by Gasteiger charge is 2.04. The van der Waals surface area contributed by atoms with Gasteiger partial charge in [0.15, 0.2) is 0 Å². The minimum atomic E-state index is -1.82. The zero-order valence-corrected chi connectivity index (χ0v) is 4.11. The molecule has 0 heterocycles. The van der Waals surface area contributed by atoms with Crippen LogP contribution in [0.5, 0.6) is 0 Å². The van der Waals surface area contributed by atoms with Crippen LogP contribution < -0.4 is 0 Å². The Balaban J connectivity index is -0.000000109. The molecule has 0 saturated heterocycles. The van der Waals surface area contributed by atoms with E-state index in [1.165, 1.54) is 0 Å². The molecule has 56 valence electrons. The Kier molecular flexibility index (Phi) is 17.3. The fourth-order valence-electron chi connectivity index (χ4n) is 0. The van der Waals surface area contributed by atoms with E-state index in [0.29, 0.717) is 0 Å². The lowest BCUT2D eigenvalue weighted by atomic mass is 10.7. The molecule has 0 aromatic rings. The van der Waals surface area contributed by atoms with Crippen LogP contribution in [0.15, 0.2) is 0 Å². The summed E-state index contributed by atoms with van der Waals surface area (Å²) in [7, 11) is 0. The average molecular weight is 142 g/mol. The van der Waals surface area contributed by atoms with Crippen LogP contribution >= 0.6 is 0 Å². The van der Waals surface area contributed by atoms with Gasteiger partial charge < -0.3 is 15.7 Å². The molecule has 0 aromatic heterocycles. The molecule has 7 heteroatoms. The van der Waals surface area contributed by atoms with Gasteiger partial charge in [0, 0.05) is 0 Å². The molecule has 0 aliphatic carbocycles. The van der Waals surface area contributed by atoms with Crippen LogP contribution in [-0.4, -0.2) is 38.1 Å². The third-order valence-electron chi connectivity index (χ3n) is 0.183. The van der Waals surface area contributed by atoms with Gasteiger partial charge in [0.05, 0.1) is 0 Å². The summed E-state index contributed by atoms with van der Waals surface area (Å²) in [5.74, 6) is -3.65. The first kappa shape index (κ1) is 15.7. The lowest BCUT2D eigenvalue weighted by Gasteiger charge is -1.72. The van der Waals surface area contributed by atoms with Crippen LogP contribution in [0.3, 0.4) is 0 Å². The zero-order valence-electron chi connectivity index (χ0n) is 4.11. The van der Waals surface area contributed by atoms with Gasteiger partial charge in [-0.25, -0.2) is 9.59 Å². The van der Waals surface area contributed by atoms with Gasteiger partial charge in [0.1, 0.15) is 0 Å². The number of hydrogen-bond acceptors (Lipinski definition) is 4. The van der Waals surface area contributed by atoms with E-state index >= 15 is 0 Å². The highest BCUT2D eigenvalue weighted by Crippen LogP contribution is 1.56. The van der Waals surface area contributed by atoms with Gasteiger partial charge in [-0.15, -0.1) is 0 Å². The number of carboxylic acid groups (broad SMARTS) is 2. The first-order valence-electron chi connectivity index (χ1n) is 1.31. The summed E-state index contributed by atoms with van der Waals surface area (Å²) in [5, 5.41) is 26.8. The molecule has 0 radical (unpaired) electrons. The summed E-state index contributed by atoms with van der Waals surface area (Å²) in [6.45, 7) is 0. The second-order valence-corrected chi connectivity index (χ2v) is 0.610. The molecule has 9 heavy (non-hydrogen) atoms. The fourth-order valence-corrected chi connectivity index (χ4v) is 0. The van der Waals surface area contributed by atoms with E-state index in [1.807, 2.05) is 0 Å². The third kappa shape index (κ3) is 19.9. The quantitative estimate of drug-likeness (QED) is 0.181. The third-order valence-corrected chi connectivity index (χ3v) is 0.183. The average Bonchev–Trinajstić information content (AvgIpc) is 1.72. The first-order valence-corrected chi connectivity index (χ1v) is 1.31. The number of rotatable bonds is 0. The van der Waals surface area contributed by atoms with Crippen molar-refractivity contribution < 1.29 is 35.8 Å². The highest BCUT2D eigenvalue weighted by atomic mass is 17.0. The highest BCUT2D eigenvalue weighted by molar-refractivity contribution is 6.27. The largest absolute Gasteiger partial charge is 0.473 e. The summed E-state index contributed by atoms with van der Waals surface area (Å²) in [4.78, 5) is 18.2. The molecule has 0 fully saturated rings. The molecule has 0 saturated carbocycles. The summed E-state index contributed by atoms with van der Waals surface area (Å²) >= 11 is 0. The van der Waals surface area contributed by atoms with E-state index in [-0.39, 0.29) is 5.48 Å². The van der Waals surface area contributed by atoms with Crippen molar-refractivity contribution in [1.82, 2.24) is 0 Å². The van der Waals surface area contributed by atoms with Crippen LogP contribution in [0.1, 0.15) is 0 Å². The summed E-state index contributed by atoms with van der Waals surface area (Å²) in [6.07, 6.45) is 0. The van der Waals surface area contributed by atoms with Crippen molar-refractivity contribution in [2.75, 3.05) is 0 Å². The predicted octanol–water partition coefficient (Wildman–Crippen LogP) is -1.65. The van der Waals surface area contributed by atoms with Gasteiger partial charge in [-0.2, -0.15) is 0 Å². The molecule has 0 bridgehead atoms. The molecule has 0 unspecified atom stereocenters. The molecule has 0 spiro atoms. The smallest absolute Gasteiger partial charge is 0.414 e. The van der Waals surface area contributed by atoms with E-state index in [4.69, 9.17) is 30.3 Å². The maximum atomic E-state index is 9.10. The Bertz CT molecular complexity index is 72.9. The summed E-state index contributed by atoms with van der Waals surface area (Å²) < 4.78 is 0. The van der Waals surface area contributed by atoms with Crippen molar-refractivity contribution in [3.8, 4) is 0 Å². The lowest BCUT2D eigenvalue weighted by molar-refractivity contribution is -0.176. The predicted molar refractivity (Wildman–Crippen MR) is 24.1 cm³/mol. The lowest BCUT2D eigenvalue weighted by Crippen LogP contribution is -2.09. The van der Waals surface area contributed by atoms with E-state index in [9.17, 15) is 0 Å². The number of aliphatic carboxylic acids is 2. The van der Waals surface area contributed by atoms with Gasteiger partial charge in [-0.05, 0) is 0 Å². The van der Waals surface area contributed by atoms with Gasteiger partial charge in [-0.3, -0.25) is 10.5 Å². The monoisotopic (exact) mass is 142 g/mol. The fraction of sp³-hybridized carbons (Fsp3) is 0. The molecule has 0 aliphatic heterocycles. The van der Waals surface area contributed by atoms with Crippen LogP contribution in [0.2, 0.25) is 0 Å². The Labute approximate surface area is 49.0 Å². The second-order valence-electron chi connectivity index (χ2n) is 0.610. The maximum absolute atomic E-state index is 9.10. The molecule has 6 N–H and O–H groups in total. The first-order chi connectivity index (χ1) is 3.64. The number of carboxylic acids is 2. The Morgan fingerprint density at radius 1 is 0.889 bits per heavy atom. The summed E-state index contributed by atoms with van der Waals surface area (Å²) in [6, 6.07) is 0. The number of hydrogen-bond donors (Lipinski definition) is 4. The van der Waals surface area contributed by atoms with Crippen molar-refractivity contribution in [2.45, 2.75) is 0 Å². The van der Waals surface area contributed by atoms with Crippen molar-refractivity contribution >= 4 is 11.9 Å².